The summed E-state index contributed by atoms with van der Waals surface area (Å²) >= 11 is 0. The monoisotopic (exact) mass is 514 g/mol. The number of benzene rings is 1. The molecule has 0 saturated heterocycles. The maximum Gasteiger partial charge on any atom is 0.140 e. The van der Waals surface area contributed by atoms with Crippen LogP contribution >= 0.6 is 0 Å². The molecule has 0 fully saturated rings. The summed E-state index contributed by atoms with van der Waals surface area (Å²) in [6.07, 6.45) is 5.66. The minimum Gasteiger partial charge on any atom is -0.495 e. The lowest BCUT2D eigenvalue weighted by molar-refractivity contribution is 0.0659. The minimum atomic E-state index is -1.15. The second-order valence-electron chi connectivity index (χ2n) is 10.3. The molecule has 2 atom stereocenters. The molecule has 3 rings (SSSR count). The number of hydrogen-bond donors (Lipinski definition) is 5. The first kappa shape index (κ1) is 28.7. The Bertz CT molecular complexity index is 1160. The summed E-state index contributed by atoms with van der Waals surface area (Å²) in [7, 11) is 1.76. The molecule has 0 amide bonds. The van der Waals surface area contributed by atoms with Crippen molar-refractivity contribution < 1.29 is 24.4 Å². The molecule has 202 valence electrons. The Labute approximate surface area is 218 Å². The average molecular weight is 515 g/mol. The van der Waals surface area contributed by atoms with Crippen molar-refractivity contribution in [2.24, 2.45) is 7.05 Å². The van der Waals surface area contributed by atoms with E-state index < -0.39 is 17.6 Å². The van der Waals surface area contributed by atoms with Crippen LogP contribution in [-0.2, 0) is 23.8 Å². The Morgan fingerprint density at radius 3 is 2.59 bits per heavy atom. The highest BCUT2D eigenvalue weighted by molar-refractivity contribution is 5.81. The van der Waals surface area contributed by atoms with Crippen LogP contribution in [-0.4, -0.2) is 56.1 Å². The highest BCUT2D eigenvalue weighted by atomic mass is 19.1. The van der Waals surface area contributed by atoms with Crippen LogP contribution in [0.4, 0.5) is 4.39 Å². The molecule has 9 heteroatoms. The molecule has 1 aliphatic rings. The summed E-state index contributed by atoms with van der Waals surface area (Å²) in [5.74, 6) is 0.744. The Hall–Kier alpha value is -2.85. The molecule has 0 radical (unpaired) electrons. The van der Waals surface area contributed by atoms with Crippen molar-refractivity contribution in [2.45, 2.75) is 77.4 Å². The van der Waals surface area contributed by atoms with Crippen molar-refractivity contribution >= 4 is 6.21 Å². The quantitative estimate of drug-likeness (QED) is 0.217. The summed E-state index contributed by atoms with van der Waals surface area (Å²) < 4.78 is 22.6. The van der Waals surface area contributed by atoms with E-state index in [2.05, 4.69) is 10.3 Å². The predicted molar refractivity (Wildman–Crippen MR) is 142 cm³/mol. The van der Waals surface area contributed by atoms with Crippen LogP contribution in [0, 0.1) is 11.2 Å². The normalized spacial score (nSPS) is 16.1. The number of ether oxygens (including phenoxy) is 1. The summed E-state index contributed by atoms with van der Waals surface area (Å²) in [5.41, 5.74) is 1.69. The second kappa shape index (κ2) is 12.1. The fraction of sp³-hybridized carbons (Fsp3) is 0.500. The number of nitrogens with one attached hydrogen (secondary N) is 2. The molecule has 0 aliphatic heterocycles. The van der Waals surface area contributed by atoms with Gasteiger partial charge in [0.05, 0.1) is 11.8 Å². The van der Waals surface area contributed by atoms with Gasteiger partial charge in [-0.15, -0.1) is 0 Å². The molecular weight excluding hydrogens is 475 g/mol. The van der Waals surface area contributed by atoms with Gasteiger partial charge in [-0.05, 0) is 76.3 Å². The molecule has 0 spiro atoms. The van der Waals surface area contributed by atoms with E-state index >= 15 is 4.39 Å². The lowest BCUT2D eigenvalue weighted by atomic mass is 9.95. The summed E-state index contributed by atoms with van der Waals surface area (Å²) in [6.45, 7) is 7.04. The Kier molecular flexibility index (Phi) is 9.41. The van der Waals surface area contributed by atoms with Crippen molar-refractivity contribution in [3.05, 3.63) is 64.6 Å². The Morgan fingerprint density at radius 2 is 2.03 bits per heavy atom. The molecule has 1 aromatic carbocycles. The average Bonchev–Trinajstić information content (AvgIpc) is 3.21. The Morgan fingerprint density at radius 1 is 1.30 bits per heavy atom. The van der Waals surface area contributed by atoms with Crippen LogP contribution in [0.5, 0.6) is 0 Å². The predicted octanol–water partition coefficient (Wildman–Crippen LogP) is 3.70. The first-order chi connectivity index (χ1) is 17.4. The minimum absolute atomic E-state index is 0.00455. The van der Waals surface area contributed by atoms with Gasteiger partial charge in [0, 0.05) is 49.7 Å². The standard InChI is InChI=1S/C28H39FN4O4/c1-17(2)37-25-9-7-19(14-20(25)15-30)26(35)31-21(10-11-34)12-18-6-8-22(23(29)13-18)24-16-33(5)27(32-24)28(3,4)36/h6,8,13-17,21,26,30-31,34-36H,7,9-12H2,1-5H3/t21-,26?/m1/s1. The second-order valence-corrected chi connectivity index (χ2v) is 10.3. The van der Waals surface area contributed by atoms with Crippen LogP contribution in [0.3, 0.4) is 0 Å². The van der Waals surface area contributed by atoms with Gasteiger partial charge in [-0.2, -0.15) is 0 Å². The molecule has 1 aromatic heterocycles. The molecule has 0 saturated carbocycles. The summed E-state index contributed by atoms with van der Waals surface area (Å²) in [6, 6.07) is 4.61. The molecule has 2 aromatic rings. The number of aryl methyl sites for hydroxylation is 1. The van der Waals surface area contributed by atoms with Crippen LogP contribution in [0.25, 0.3) is 11.3 Å². The van der Waals surface area contributed by atoms with Gasteiger partial charge >= 0.3 is 0 Å². The van der Waals surface area contributed by atoms with E-state index in [0.717, 1.165) is 11.3 Å². The van der Waals surface area contributed by atoms with E-state index in [1.165, 1.54) is 12.3 Å². The number of allylic oxidation sites excluding steroid dienone is 3. The van der Waals surface area contributed by atoms with Crippen molar-refractivity contribution in [1.29, 1.82) is 5.41 Å². The molecule has 1 aliphatic carbocycles. The van der Waals surface area contributed by atoms with Gasteiger partial charge in [0.2, 0.25) is 0 Å². The fourth-order valence-electron chi connectivity index (χ4n) is 4.58. The molecule has 0 bridgehead atoms. The molecule has 5 N–H and O–H groups in total. The van der Waals surface area contributed by atoms with Gasteiger partial charge < -0.3 is 30.0 Å². The van der Waals surface area contributed by atoms with Crippen molar-refractivity contribution in [2.75, 3.05) is 6.61 Å². The topological polar surface area (TPSA) is 124 Å². The maximum absolute atomic E-state index is 15.1. The van der Waals surface area contributed by atoms with E-state index in [4.69, 9.17) is 10.1 Å². The number of hydrogen-bond acceptors (Lipinski definition) is 7. The lowest BCUT2D eigenvalue weighted by Gasteiger charge is -2.27. The van der Waals surface area contributed by atoms with Gasteiger partial charge in [0.25, 0.3) is 0 Å². The van der Waals surface area contributed by atoms with E-state index in [0.29, 0.717) is 53.9 Å². The molecule has 1 heterocycles. The number of aliphatic hydroxyl groups excluding tert-OH is 2. The zero-order valence-corrected chi connectivity index (χ0v) is 22.3. The SMILES string of the molecule is CC(C)OC1=C(C=N)C=C(C(O)N[C@H](CCO)Cc2ccc(-c3cn(C)c(C(C)(C)O)n3)c(F)c2)CC1. The number of nitrogens with zero attached hydrogens (tertiary/aromatic N) is 2. The maximum atomic E-state index is 15.1. The third-order valence-corrected chi connectivity index (χ3v) is 6.27. The smallest absolute Gasteiger partial charge is 0.140 e. The fourth-order valence-corrected chi connectivity index (χ4v) is 4.58. The van der Waals surface area contributed by atoms with Crippen LogP contribution in [0.2, 0.25) is 0 Å². The van der Waals surface area contributed by atoms with E-state index in [9.17, 15) is 15.3 Å². The highest BCUT2D eigenvalue weighted by Gasteiger charge is 2.25. The number of rotatable bonds is 12. The van der Waals surface area contributed by atoms with Crippen LogP contribution in [0.1, 0.15) is 58.3 Å². The highest BCUT2D eigenvalue weighted by Crippen LogP contribution is 2.28. The molecule has 8 nitrogen and oxygen atoms in total. The molecule has 37 heavy (non-hydrogen) atoms. The van der Waals surface area contributed by atoms with Gasteiger partial charge in [0.1, 0.15) is 29.2 Å². The van der Waals surface area contributed by atoms with Crippen LogP contribution < -0.4 is 5.32 Å². The molecule has 1 unspecified atom stereocenters. The van der Waals surface area contributed by atoms with Gasteiger partial charge in [-0.25, -0.2) is 9.37 Å². The third kappa shape index (κ3) is 7.35. The van der Waals surface area contributed by atoms with Crippen molar-refractivity contribution in [1.82, 2.24) is 14.9 Å². The Balaban J connectivity index is 1.74. The first-order valence-electron chi connectivity index (χ1n) is 12.6. The number of halogens is 1. The zero-order chi connectivity index (χ0) is 27.3. The largest absolute Gasteiger partial charge is 0.495 e. The third-order valence-electron chi connectivity index (χ3n) is 6.27. The number of aliphatic hydroxyl groups is 3. The molecular formula is C28H39FN4O4. The van der Waals surface area contributed by atoms with Gasteiger partial charge in [-0.1, -0.05) is 6.07 Å². The van der Waals surface area contributed by atoms with Gasteiger partial charge in [0.15, 0.2) is 0 Å². The van der Waals surface area contributed by atoms with Gasteiger partial charge in [-0.3, -0.25) is 5.32 Å². The van der Waals surface area contributed by atoms with E-state index in [1.54, 1.807) is 49.9 Å². The summed E-state index contributed by atoms with van der Waals surface area (Å²) in [4.78, 5) is 4.42. The van der Waals surface area contributed by atoms with E-state index in [-0.39, 0.29) is 18.8 Å². The van der Waals surface area contributed by atoms with Crippen molar-refractivity contribution in [3.8, 4) is 11.3 Å². The van der Waals surface area contributed by atoms with Crippen LogP contribution in [0.15, 0.2) is 47.4 Å². The summed E-state index contributed by atoms with van der Waals surface area (Å²) in [5, 5.41) is 41.6. The lowest BCUT2D eigenvalue weighted by Crippen LogP contribution is -2.41. The van der Waals surface area contributed by atoms with Crippen molar-refractivity contribution in [3.63, 3.8) is 0 Å². The first-order valence-corrected chi connectivity index (χ1v) is 12.6. The number of aromatic nitrogens is 2. The zero-order valence-electron chi connectivity index (χ0n) is 22.3. The van der Waals surface area contributed by atoms with E-state index in [1.807, 2.05) is 13.8 Å². The number of imidazole rings is 1.